The maximum Gasteiger partial charge on any atom is 0.490 e. The van der Waals surface area contributed by atoms with Gasteiger partial charge in [-0.2, -0.15) is 8.62 Å². The van der Waals surface area contributed by atoms with Gasteiger partial charge in [-0.25, -0.2) is 23.7 Å². The van der Waals surface area contributed by atoms with Crippen molar-refractivity contribution in [1.82, 2.24) is 19.5 Å². The Morgan fingerprint density at radius 3 is 2.32 bits per heavy atom. The predicted octanol–water partition coefficient (Wildman–Crippen LogP) is -0.301. The van der Waals surface area contributed by atoms with Gasteiger partial charge in [-0.05, 0) is 6.92 Å². The van der Waals surface area contributed by atoms with Crippen molar-refractivity contribution in [3.05, 3.63) is 22.5 Å². The van der Waals surface area contributed by atoms with E-state index in [1.54, 1.807) is 6.92 Å². The Morgan fingerprint density at radius 1 is 1.09 bits per heavy atom. The van der Waals surface area contributed by atoms with Crippen LogP contribution in [0.15, 0.2) is 11.1 Å². The fourth-order valence-corrected chi connectivity index (χ4v) is 6.33. The van der Waals surface area contributed by atoms with Crippen LogP contribution >= 0.6 is 23.5 Å². The molecule has 3 heterocycles. The minimum atomic E-state index is -5.68. The van der Waals surface area contributed by atoms with E-state index < -0.39 is 60.2 Å². The van der Waals surface area contributed by atoms with E-state index in [0.29, 0.717) is 5.82 Å². The molecule has 1 aliphatic rings. The quantitative estimate of drug-likeness (QED) is 0.238. The Labute approximate surface area is 190 Å². The number of fused-ring (bicyclic) bond motifs is 1. The van der Waals surface area contributed by atoms with Crippen LogP contribution in [-0.4, -0.2) is 78.2 Å². The highest BCUT2D eigenvalue weighted by Crippen LogP contribution is 2.66. The lowest BCUT2D eigenvalue weighted by atomic mass is 10.1. The highest BCUT2D eigenvalue weighted by Gasteiger charge is 2.48. The summed E-state index contributed by atoms with van der Waals surface area (Å²) in [7, 11) is -14.0. The molecule has 192 valence electrons. The minimum Gasteiger partial charge on any atom is -0.376 e. The monoisotopic (exact) mass is 550 g/mol. The molecule has 0 spiro atoms. The smallest absolute Gasteiger partial charge is 0.376 e. The Hall–Kier alpha value is -1.36. The molecule has 1 aliphatic heterocycles. The number of nitrogens with zero attached hydrogens (tertiary/aromatic N) is 3. The number of ether oxygens (including phenoxy) is 3. The predicted molar refractivity (Wildman–Crippen MR) is 108 cm³/mol. The molecule has 0 radical (unpaired) electrons. The number of rotatable bonds is 10. The standard InChI is InChI=1S/C13H21N4O14P3/c1-6-15-11-8(12(18)16-6)14-5-17(11)13-10(27-3)9(26-2)7(29-13)4-28-33(22,23)31-34(24,25)30-32(19,20)21/h5,7,9-10,13H,4H2,1-3H3,(H,22,23)(H,24,25)(H,15,16,18)(H2,19,20,21)/t7-,9?,10+,13-/m1/s1. The van der Waals surface area contributed by atoms with E-state index in [4.69, 9.17) is 24.0 Å². The highest BCUT2D eigenvalue weighted by atomic mass is 31.3. The lowest BCUT2D eigenvalue weighted by molar-refractivity contribution is -0.0577. The molecule has 0 aromatic carbocycles. The molecule has 6 atom stereocenters. The molecule has 0 bridgehead atoms. The summed E-state index contributed by atoms with van der Waals surface area (Å²) in [6.45, 7) is 0.795. The molecule has 1 fully saturated rings. The summed E-state index contributed by atoms with van der Waals surface area (Å²) in [6.07, 6.45) is -2.64. The summed E-state index contributed by atoms with van der Waals surface area (Å²) in [4.78, 5) is 59.0. The lowest BCUT2D eigenvalue weighted by Gasteiger charge is -2.22. The van der Waals surface area contributed by atoms with E-state index in [2.05, 4.69) is 28.1 Å². The fraction of sp³-hybridized carbons (Fsp3) is 0.615. The van der Waals surface area contributed by atoms with Gasteiger partial charge in [0.25, 0.3) is 5.56 Å². The third-order valence-electron chi connectivity index (χ3n) is 4.47. The van der Waals surface area contributed by atoms with Crippen LogP contribution < -0.4 is 5.56 Å². The number of phosphoric ester groups is 1. The molecule has 34 heavy (non-hydrogen) atoms. The highest BCUT2D eigenvalue weighted by molar-refractivity contribution is 7.66. The van der Waals surface area contributed by atoms with Crippen LogP contribution in [0.2, 0.25) is 0 Å². The Kier molecular flexibility index (Phi) is 7.97. The number of hydrogen-bond acceptors (Lipinski definition) is 12. The topological polar surface area (TPSA) is 251 Å². The Morgan fingerprint density at radius 2 is 1.74 bits per heavy atom. The van der Waals surface area contributed by atoms with Gasteiger partial charge < -0.3 is 38.8 Å². The molecule has 3 rings (SSSR count). The molecule has 0 aliphatic carbocycles. The average molecular weight is 550 g/mol. The van der Waals surface area contributed by atoms with Crippen molar-refractivity contribution in [2.24, 2.45) is 0 Å². The fourth-order valence-electron chi connectivity index (χ4n) is 3.30. The van der Waals surface area contributed by atoms with Gasteiger partial charge in [0.1, 0.15) is 24.1 Å². The van der Waals surface area contributed by atoms with Crippen molar-refractivity contribution in [3.63, 3.8) is 0 Å². The van der Waals surface area contributed by atoms with Crippen LogP contribution in [0.1, 0.15) is 12.1 Å². The maximum absolute atomic E-state index is 12.1. The Balaban J connectivity index is 1.80. The van der Waals surface area contributed by atoms with Gasteiger partial charge in [0, 0.05) is 14.2 Å². The number of hydrogen-bond donors (Lipinski definition) is 5. The van der Waals surface area contributed by atoms with Crippen LogP contribution in [0.4, 0.5) is 0 Å². The number of methoxy groups -OCH3 is 2. The van der Waals surface area contributed by atoms with Crippen LogP contribution in [0.3, 0.4) is 0 Å². The first-order chi connectivity index (χ1) is 15.7. The molecule has 0 saturated carbocycles. The van der Waals surface area contributed by atoms with Crippen molar-refractivity contribution >= 4 is 34.6 Å². The molecule has 2 aromatic rings. The van der Waals surface area contributed by atoms with E-state index in [0.717, 1.165) is 0 Å². The van der Waals surface area contributed by atoms with Gasteiger partial charge >= 0.3 is 23.5 Å². The Bertz CT molecular complexity index is 1240. The van der Waals surface area contributed by atoms with Crippen LogP contribution in [0.5, 0.6) is 0 Å². The molecule has 0 amide bonds. The zero-order chi connectivity index (χ0) is 25.5. The second-order valence-electron chi connectivity index (χ2n) is 6.83. The summed E-state index contributed by atoms with van der Waals surface area (Å²) >= 11 is 0. The summed E-state index contributed by atoms with van der Waals surface area (Å²) in [6, 6.07) is 0. The molecule has 5 N–H and O–H groups in total. The summed E-state index contributed by atoms with van der Waals surface area (Å²) < 4.78 is 64.2. The summed E-state index contributed by atoms with van der Waals surface area (Å²) in [5.41, 5.74) is -0.299. The number of aromatic nitrogens is 4. The number of imidazole rings is 1. The first kappa shape index (κ1) is 27.2. The van der Waals surface area contributed by atoms with E-state index in [-0.39, 0.29) is 11.2 Å². The van der Waals surface area contributed by atoms with Gasteiger partial charge in [-0.3, -0.25) is 13.9 Å². The van der Waals surface area contributed by atoms with Gasteiger partial charge in [0.15, 0.2) is 17.4 Å². The zero-order valence-electron chi connectivity index (χ0n) is 17.6. The molecule has 2 aromatic heterocycles. The minimum absolute atomic E-state index is 0.0229. The van der Waals surface area contributed by atoms with Gasteiger partial charge in [0.2, 0.25) is 0 Å². The van der Waals surface area contributed by atoms with E-state index in [1.807, 2.05) is 0 Å². The first-order valence-electron chi connectivity index (χ1n) is 9.09. The van der Waals surface area contributed by atoms with Crippen LogP contribution in [0.25, 0.3) is 11.2 Å². The van der Waals surface area contributed by atoms with Crippen LogP contribution in [0, 0.1) is 6.92 Å². The molecule has 1 saturated heterocycles. The van der Waals surface area contributed by atoms with Crippen molar-refractivity contribution < 1.29 is 60.6 Å². The third-order valence-corrected chi connectivity index (χ3v) is 8.28. The normalized spacial score (nSPS) is 27.0. The van der Waals surface area contributed by atoms with Crippen molar-refractivity contribution in [2.45, 2.75) is 31.5 Å². The molecule has 18 nitrogen and oxygen atoms in total. The number of nitrogens with one attached hydrogen (secondary N) is 1. The molecular formula is C13H21N4O14P3. The average Bonchev–Trinajstić information content (AvgIpc) is 3.23. The molecule has 21 heteroatoms. The van der Waals surface area contributed by atoms with E-state index >= 15 is 0 Å². The van der Waals surface area contributed by atoms with Gasteiger partial charge in [-0.15, -0.1) is 0 Å². The first-order valence-corrected chi connectivity index (χ1v) is 13.6. The summed E-state index contributed by atoms with van der Waals surface area (Å²) in [5.74, 6) is 0.304. The van der Waals surface area contributed by atoms with E-state index in [1.165, 1.54) is 25.1 Å². The van der Waals surface area contributed by atoms with E-state index in [9.17, 15) is 28.3 Å². The SMILES string of the molecule is COC1[C@@H](COP(=O)(O)OP(=O)(O)OP(=O)(O)O)O[C@@H](n2cnc3c(=O)[nH]c(C)nc32)[C@H]1OC. The number of H-pyrrole nitrogens is 1. The zero-order valence-corrected chi connectivity index (χ0v) is 20.3. The van der Waals surface area contributed by atoms with Gasteiger partial charge in [-0.1, -0.05) is 0 Å². The largest absolute Gasteiger partial charge is 0.490 e. The summed E-state index contributed by atoms with van der Waals surface area (Å²) in [5, 5.41) is 0. The van der Waals surface area contributed by atoms with Crippen molar-refractivity contribution in [1.29, 1.82) is 0 Å². The molecular weight excluding hydrogens is 529 g/mol. The number of aryl methyl sites for hydroxylation is 1. The van der Waals surface area contributed by atoms with Crippen molar-refractivity contribution in [3.8, 4) is 0 Å². The second kappa shape index (κ2) is 9.95. The van der Waals surface area contributed by atoms with Crippen molar-refractivity contribution in [2.75, 3.05) is 20.8 Å². The molecule has 3 unspecified atom stereocenters. The number of aromatic amines is 1. The van der Waals surface area contributed by atoms with Crippen LogP contribution in [-0.2, 0) is 41.1 Å². The second-order valence-corrected chi connectivity index (χ2v) is 11.2. The lowest BCUT2D eigenvalue weighted by Crippen LogP contribution is -2.37. The number of phosphoric acid groups is 3. The van der Waals surface area contributed by atoms with Gasteiger partial charge in [0.05, 0.1) is 12.9 Å². The third kappa shape index (κ3) is 6.25. The maximum atomic E-state index is 12.1.